The first-order valence-electron chi connectivity index (χ1n) is 10.4. The molecule has 32 heavy (non-hydrogen) atoms. The number of carbonyl (C=O) groups excluding carboxylic acids is 1. The highest BCUT2D eigenvalue weighted by atomic mass is 16.5. The van der Waals surface area contributed by atoms with Crippen molar-refractivity contribution in [3.8, 4) is 5.75 Å². The summed E-state index contributed by atoms with van der Waals surface area (Å²) in [4.78, 5) is 25.2. The molecule has 0 saturated carbocycles. The van der Waals surface area contributed by atoms with E-state index in [1.54, 1.807) is 13.2 Å². The first-order chi connectivity index (χ1) is 15.6. The normalized spacial score (nSPS) is 10.6. The summed E-state index contributed by atoms with van der Waals surface area (Å²) in [5.74, 6) is 2.58. The summed E-state index contributed by atoms with van der Waals surface area (Å²) in [7, 11) is 1.65. The van der Waals surface area contributed by atoms with E-state index >= 15 is 0 Å². The second-order valence-corrected chi connectivity index (χ2v) is 7.50. The lowest BCUT2D eigenvalue weighted by Crippen LogP contribution is -2.09. The molecule has 0 amide bonds. The van der Waals surface area contributed by atoms with Crippen LogP contribution < -0.4 is 10.1 Å². The van der Waals surface area contributed by atoms with Gasteiger partial charge in [-0.05, 0) is 47.9 Å². The molecule has 0 aliphatic rings. The third kappa shape index (κ3) is 5.35. The standard InChI is InChI=1S/C26H24N4O2/c1-18-7-3-4-12-23(18)27-26-29-24(15-19-8-5-10-21(13-19)17-31)28-25(30-26)16-20-9-6-11-22(14-20)32-2/h3-14,17H,15-16H2,1-2H3,(H,27,28,29,30). The summed E-state index contributed by atoms with van der Waals surface area (Å²) in [6.07, 6.45) is 1.89. The molecular weight excluding hydrogens is 400 g/mol. The van der Waals surface area contributed by atoms with Crippen LogP contribution in [0.2, 0.25) is 0 Å². The molecule has 6 heteroatoms. The highest BCUT2D eigenvalue weighted by molar-refractivity contribution is 5.74. The number of carbonyl (C=O) groups is 1. The summed E-state index contributed by atoms with van der Waals surface area (Å²) < 4.78 is 5.34. The van der Waals surface area contributed by atoms with Gasteiger partial charge in [0.2, 0.25) is 5.95 Å². The predicted molar refractivity (Wildman–Crippen MR) is 125 cm³/mol. The molecule has 0 fully saturated rings. The topological polar surface area (TPSA) is 77.0 Å². The Morgan fingerprint density at radius 2 is 1.53 bits per heavy atom. The zero-order valence-corrected chi connectivity index (χ0v) is 18.1. The number of anilines is 2. The van der Waals surface area contributed by atoms with Gasteiger partial charge in [-0.25, -0.2) is 4.98 Å². The minimum Gasteiger partial charge on any atom is -0.497 e. The van der Waals surface area contributed by atoms with Gasteiger partial charge in [-0.1, -0.05) is 48.5 Å². The molecule has 0 bridgehead atoms. The third-order valence-corrected chi connectivity index (χ3v) is 5.07. The molecule has 0 radical (unpaired) electrons. The number of rotatable bonds is 8. The number of nitrogens with zero attached hydrogens (tertiary/aromatic N) is 3. The molecule has 0 aliphatic heterocycles. The zero-order valence-electron chi connectivity index (χ0n) is 18.1. The summed E-state index contributed by atoms with van der Waals surface area (Å²) in [6.45, 7) is 2.03. The Labute approximate surface area is 187 Å². The van der Waals surface area contributed by atoms with Crippen LogP contribution in [0.5, 0.6) is 5.75 Å². The Morgan fingerprint density at radius 3 is 2.22 bits per heavy atom. The quantitative estimate of drug-likeness (QED) is 0.404. The number of methoxy groups -OCH3 is 1. The van der Waals surface area contributed by atoms with Gasteiger partial charge in [0.25, 0.3) is 0 Å². The highest BCUT2D eigenvalue weighted by Gasteiger charge is 2.11. The van der Waals surface area contributed by atoms with Gasteiger partial charge in [-0.3, -0.25) is 4.79 Å². The molecule has 160 valence electrons. The summed E-state index contributed by atoms with van der Waals surface area (Å²) in [6, 6.07) is 23.3. The van der Waals surface area contributed by atoms with Crippen LogP contribution >= 0.6 is 0 Å². The van der Waals surface area contributed by atoms with Crippen LogP contribution in [0.3, 0.4) is 0 Å². The van der Waals surface area contributed by atoms with Crippen molar-refractivity contribution >= 4 is 17.9 Å². The van der Waals surface area contributed by atoms with Crippen molar-refractivity contribution in [1.82, 2.24) is 15.0 Å². The lowest BCUT2D eigenvalue weighted by Gasteiger charge is -2.11. The fourth-order valence-electron chi connectivity index (χ4n) is 3.44. The lowest BCUT2D eigenvalue weighted by molar-refractivity contribution is 0.112. The van der Waals surface area contributed by atoms with Crippen LogP contribution in [-0.4, -0.2) is 28.3 Å². The molecule has 6 nitrogen and oxygen atoms in total. The Balaban J connectivity index is 1.68. The first-order valence-corrected chi connectivity index (χ1v) is 10.4. The van der Waals surface area contributed by atoms with Gasteiger partial charge in [0.05, 0.1) is 7.11 Å². The van der Waals surface area contributed by atoms with E-state index in [0.717, 1.165) is 34.4 Å². The SMILES string of the molecule is COc1cccc(Cc2nc(Cc3cccc(C=O)c3)nc(Nc3ccccc3C)n2)c1. The maximum atomic E-state index is 11.1. The number of para-hydroxylation sites is 1. The van der Waals surface area contributed by atoms with Crippen LogP contribution in [-0.2, 0) is 12.8 Å². The van der Waals surface area contributed by atoms with Crippen LogP contribution in [0.25, 0.3) is 0 Å². The van der Waals surface area contributed by atoms with Crippen molar-refractivity contribution in [1.29, 1.82) is 0 Å². The van der Waals surface area contributed by atoms with E-state index in [0.29, 0.717) is 36.0 Å². The average molecular weight is 425 g/mol. The average Bonchev–Trinajstić information content (AvgIpc) is 2.81. The summed E-state index contributed by atoms with van der Waals surface area (Å²) in [5.41, 5.74) is 4.69. The van der Waals surface area contributed by atoms with Gasteiger partial charge in [0.1, 0.15) is 23.7 Å². The van der Waals surface area contributed by atoms with E-state index in [2.05, 4.69) is 15.3 Å². The molecule has 0 atom stereocenters. The van der Waals surface area contributed by atoms with E-state index in [1.807, 2.05) is 73.7 Å². The molecular formula is C26H24N4O2. The molecule has 1 aromatic heterocycles. The molecule has 3 aromatic carbocycles. The number of aromatic nitrogens is 3. The van der Waals surface area contributed by atoms with E-state index in [-0.39, 0.29) is 0 Å². The van der Waals surface area contributed by atoms with Crippen molar-refractivity contribution < 1.29 is 9.53 Å². The molecule has 4 rings (SSSR count). The Bertz CT molecular complexity index is 1240. The van der Waals surface area contributed by atoms with Crippen molar-refractivity contribution in [2.75, 3.05) is 12.4 Å². The summed E-state index contributed by atoms with van der Waals surface area (Å²) >= 11 is 0. The van der Waals surface area contributed by atoms with Gasteiger partial charge in [-0.15, -0.1) is 0 Å². The molecule has 0 aliphatic carbocycles. The first kappa shape index (κ1) is 21.2. The zero-order chi connectivity index (χ0) is 22.3. The second-order valence-electron chi connectivity index (χ2n) is 7.50. The number of hydrogen-bond acceptors (Lipinski definition) is 6. The van der Waals surface area contributed by atoms with Gasteiger partial charge in [0.15, 0.2) is 0 Å². The molecule has 0 saturated heterocycles. The van der Waals surface area contributed by atoms with E-state index in [4.69, 9.17) is 9.72 Å². The van der Waals surface area contributed by atoms with Gasteiger partial charge in [-0.2, -0.15) is 9.97 Å². The lowest BCUT2D eigenvalue weighted by atomic mass is 10.1. The van der Waals surface area contributed by atoms with Gasteiger partial charge >= 0.3 is 0 Å². The van der Waals surface area contributed by atoms with Crippen molar-refractivity contribution in [3.05, 3.63) is 107 Å². The maximum Gasteiger partial charge on any atom is 0.230 e. The fraction of sp³-hybridized carbons (Fsp3) is 0.154. The van der Waals surface area contributed by atoms with Crippen LogP contribution in [0.1, 0.15) is 38.7 Å². The van der Waals surface area contributed by atoms with E-state index < -0.39 is 0 Å². The van der Waals surface area contributed by atoms with E-state index in [1.165, 1.54) is 0 Å². The monoisotopic (exact) mass is 424 g/mol. The van der Waals surface area contributed by atoms with Gasteiger partial charge < -0.3 is 10.1 Å². The molecule has 1 heterocycles. The number of aldehydes is 1. The maximum absolute atomic E-state index is 11.1. The van der Waals surface area contributed by atoms with Crippen molar-refractivity contribution in [2.45, 2.75) is 19.8 Å². The fourth-order valence-corrected chi connectivity index (χ4v) is 3.44. The number of ether oxygens (including phenoxy) is 1. The van der Waals surface area contributed by atoms with Crippen LogP contribution in [0, 0.1) is 6.92 Å². The molecule has 0 spiro atoms. The smallest absolute Gasteiger partial charge is 0.230 e. The predicted octanol–water partition coefficient (Wildman–Crippen LogP) is 4.93. The second kappa shape index (κ2) is 9.83. The highest BCUT2D eigenvalue weighted by Crippen LogP contribution is 2.20. The van der Waals surface area contributed by atoms with Gasteiger partial charge in [0, 0.05) is 24.1 Å². The Hall–Kier alpha value is -4.06. The van der Waals surface area contributed by atoms with Crippen LogP contribution in [0.15, 0.2) is 72.8 Å². The summed E-state index contributed by atoms with van der Waals surface area (Å²) in [5, 5.41) is 3.33. The van der Waals surface area contributed by atoms with Crippen molar-refractivity contribution in [3.63, 3.8) is 0 Å². The Kier molecular flexibility index (Phi) is 6.51. The largest absolute Gasteiger partial charge is 0.497 e. The number of nitrogens with one attached hydrogen (secondary N) is 1. The molecule has 4 aromatic rings. The van der Waals surface area contributed by atoms with Crippen LogP contribution in [0.4, 0.5) is 11.6 Å². The minimum absolute atomic E-state index is 0.494. The molecule has 1 N–H and O–H groups in total. The van der Waals surface area contributed by atoms with Crippen molar-refractivity contribution in [2.24, 2.45) is 0 Å². The van der Waals surface area contributed by atoms with E-state index in [9.17, 15) is 4.79 Å². The minimum atomic E-state index is 0.494. The number of aryl methyl sites for hydroxylation is 1. The third-order valence-electron chi connectivity index (χ3n) is 5.07. The number of benzene rings is 3. The molecule has 0 unspecified atom stereocenters. The number of hydrogen-bond donors (Lipinski definition) is 1. The Morgan fingerprint density at radius 1 is 0.844 bits per heavy atom.